The minimum atomic E-state index is -1.49. The first-order valence-electron chi connectivity index (χ1n) is 11.5. The summed E-state index contributed by atoms with van der Waals surface area (Å²) in [5, 5.41) is 24.8. The molecule has 5 heterocycles. The molecule has 4 atom stereocenters. The Morgan fingerprint density at radius 2 is 2.05 bits per heavy atom. The van der Waals surface area contributed by atoms with Gasteiger partial charge in [-0.2, -0.15) is 0 Å². The van der Waals surface area contributed by atoms with Crippen molar-refractivity contribution in [3.63, 3.8) is 0 Å². The summed E-state index contributed by atoms with van der Waals surface area (Å²) in [6.07, 6.45) is 0.669. The highest BCUT2D eigenvalue weighted by atomic mass is 35.5. The predicted molar refractivity (Wildman–Crippen MR) is 135 cm³/mol. The van der Waals surface area contributed by atoms with Gasteiger partial charge < -0.3 is 25.0 Å². The molecule has 0 spiro atoms. The number of hydrogen-bond acceptors (Lipinski definition) is 12. The Hall–Kier alpha value is -3.95. The Bertz CT molecular complexity index is 1470. The van der Waals surface area contributed by atoms with Gasteiger partial charge >= 0.3 is 0 Å². The first-order valence-corrected chi connectivity index (χ1v) is 11.8. The number of pyridine rings is 2. The maximum Gasteiger partial charge on any atom is 0.266 e. The van der Waals surface area contributed by atoms with Gasteiger partial charge in [0.25, 0.3) is 5.91 Å². The van der Waals surface area contributed by atoms with Crippen LogP contribution in [-0.2, 0) is 16.1 Å². The number of halogens is 1. The van der Waals surface area contributed by atoms with E-state index in [2.05, 4.69) is 41.1 Å². The molecule has 14 nitrogen and oxygen atoms in total. The van der Waals surface area contributed by atoms with Gasteiger partial charge in [-0.3, -0.25) is 24.8 Å². The number of aromatic nitrogens is 6. The first-order chi connectivity index (χ1) is 18.4. The molecule has 1 fully saturated rings. The van der Waals surface area contributed by atoms with Gasteiger partial charge in [0.15, 0.2) is 35.1 Å². The molecule has 4 aromatic rings. The first kappa shape index (κ1) is 25.7. The van der Waals surface area contributed by atoms with Crippen molar-refractivity contribution >= 4 is 34.5 Å². The number of aliphatic hydroxyl groups excluding tert-OH is 2. The number of anilines is 1. The summed E-state index contributed by atoms with van der Waals surface area (Å²) in [5.41, 5.74) is 6.70. The van der Waals surface area contributed by atoms with Gasteiger partial charge in [-0.15, -0.1) is 0 Å². The number of nitrogens with one attached hydrogen (secondary N) is 3. The number of hydrogen-bond donors (Lipinski definition) is 5. The standard InChI is InChI=1S/C23H24ClN9O5/c1-25-32-22(36)18-16(34)17(35)23(38-18)33-10-29-15-20(28-9-13-6-14(37-2)3-4-27-13)30-19(31-21(15)33)11-5-12(24)8-26-7-11/h3-8,10,16-18,23,25,34-35H,9H2,1-2H3,(H,32,36)(H,28,30,31)/t16-,17+,18-,23+/m0/s1. The maximum absolute atomic E-state index is 12.3. The third kappa shape index (κ3) is 4.94. The average molecular weight is 542 g/mol. The lowest BCUT2D eigenvalue weighted by Crippen LogP contribution is -2.46. The van der Waals surface area contributed by atoms with Crippen LogP contribution < -0.4 is 20.9 Å². The molecule has 0 saturated carbocycles. The number of hydrazine groups is 1. The maximum atomic E-state index is 12.3. The Kier molecular flexibility index (Phi) is 7.31. The number of amides is 1. The van der Waals surface area contributed by atoms with E-state index in [1.165, 1.54) is 24.1 Å². The van der Waals surface area contributed by atoms with E-state index in [9.17, 15) is 15.0 Å². The molecule has 5 N–H and O–H groups in total. The SMILES string of the molecule is CNNC(=O)[C@H]1O[C@@H](n2cnc3c(NCc4cc(OC)ccn4)nc(-c4cncc(Cl)c4)nc32)[C@H](O)[C@@H]1O. The second-order valence-electron chi connectivity index (χ2n) is 8.32. The molecule has 38 heavy (non-hydrogen) atoms. The molecule has 5 rings (SSSR count). The molecule has 0 aliphatic carbocycles. The van der Waals surface area contributed by atoms with Crippen LogP contribution in [0.5, 0.6) is 5.75 Å². The van der Waals surface area contributed by atoms with Crippen LogP contribution >= 0.6 is 11.6 Å². The lowest BCUT2D eigenvalue weighted by molar-refractivity contribution is -0.138. The van der Waals surface area contributed by atoms with Crippen molar-refractivity contribution in [2.45, 2.75) is 31.1 Å². The van der Waals surface area contributed by atoms with Crippen LogP contribution in [0.1, 0.15) is 11.9 Å². The second-order valence-corrected chi connectivity index (χ2v) is 8.76. The largest absolute Gasteiger partial charge is 0.497 e. The predicted octanol–water partition coefficient (Wildman–Crippen LogP) is 0.427. The number of nitrogens with zero attached hydrogens (tertiary/aromatic N) is 6. The van der Waals surface area contributed by atoms with Crippen LogP contribution in [0, 0.1) is 0 Å². The highest BCUT2D eigenvalue weighted by Gasteiger charge is 2.47. The minimum absolute atomic E-state index is 0.271. The zero-order valence-corrected chi connectivity index (χ0v) is 21.0. The zero-order valence-electron chi connectivity index (χ0n) is 20.2. The van der Waals surface area contributed by atoms with E-state index in [-0.39, 0.29) is 18.0 Å². The number of imidazole rings is 1. The lowest BCUT2D eigenvalue weighted by Gasteiger charge is -2.17. The Labute approximate surface area is 221 Å². The van der Waals surface area contributed by atoms with Gasteiger partial charge in [0.1, 0.15) is 18.0 Å². The van der Waals surface area contributed by atoms with E-state index in [1.807, 2.05) is 0 Å². The van der Waals surface area contributed by atoms with Gasteiger partial charge in [-0.1, -0.05) is 11.6 Å². The summed E-state index contributed by atoms with van der Waals surface area (Å²) in [6, 6.07) is 5.18. The number of aliphatic hydroxyl groups is 2. The number of ether oxygens (including phenoxy) is 2. The molecule has 198 valence electrons. The van der Waals surface area contributed by atoms with Gasteiger partial charge in [-0.25, -0.2) is 20.4 Å². The normalized spacial score (nSPS) is 21.0. The second kappa shape index (κ2) is 10.8. The molecule has 0 aromatic carbocycles. The third-order valence-corrected chi connectivity index (χ3v) is 6.07. The summed E-state index contributed by atoms with van der Waals surface area (Å²) < 4.78 is 12.4. The molecule has 0 radical (unpaired) electrons. The number of methoxy groups -OCH3 is 1. The van der Waals surface area contributed by atoms with Gasteiger partial charge in [0.05, 0.1) is 30.7 Å². The fourth-order valence-corrected chi connectivity index (χ4v) is 4.22. The number of carbonyl (C=O) groups is 1. The molecule has 1 saturated heterocycles. The summed E-state index contributed by atoms with van der Waals surface area (Å²) in [6.45, 7) is 0.289. The molecule has 15 heteroatoms. The quantitative estimate of drug-likeness (QED) is 0.194. The summed E-state index contributed by atoms with van der Waals surface area (Å²) in [5.74, 6) is 0.653. The van der Waals surface area contributed by atoms with Crippen molar-refractivity contribution in [2.75, 3.05) is 19.5 Å². The highest BCUT2D eigenvalue weighted by Crippen LogP contribution is 2.34. The van der Waals surface area contributed by atoms with Crippen LogP contribution in [-0.4, -0.2) is 78.1 Å². The van der Waals surface area contributed by atoms with E-state index in [1.54, 1.807) is 37.7 Å². The fraction of sp³-hybridized carbons (Fsp3) is 0.304. The van der Waals surface area contributed by atoms with Gasteiger partial charge in [0.2, 0.25) is 0 Å². The van der Waals surface area contributed by atoms with Crippen LogP contribution in [0.15, 0.2) is 43.1 Å². The molecule has 0 bridgehead atoms. The Morgan fingerprint density at radius 3 is 2.82 bits per heavy atom. The van der Waals surface area contributed by atoms with Crippen LogP contribution in [0.3, 0.4) is 0 Å². The third-order valence-electron chi connectivity index (χ3n) is 5.86. The van der Waals surface area contributed by atoms with E-state index in [0.29, 0.717) is 33.4 Å². The molecular weight excluding hydrogens is 518 g/mol. The van der Waals surface area contributed by atoms with Crippen molar-refractivity contribution in [1.82, 2.24) is 40.3 Å². The minimum Gasteiger partial charge on any atom is -0.497 e. The summed E-state index contributed by atoms with van der Waals surface area (Å²) in [7, 11) is 3.07. The van der Waals surface area contributed by atoms with Gasteiger partial charge in [0, 0.05) is 37.3 Å². The lowest BCUT2D eigenvalue weighted by atomic mass is 10.1. The van der Waals surface area contributed by atoms with E-state index in [0.717, 1.165) is 0 Å². The number of fused-ring (bicyclic) bond motifs is 1. The average Bonchev–Trinajstić information content (AvgIpc) is 3.48. The Balaban J connectivity index is 1.55. The van der Waals surface area contributed by atoms with Crippen LogP contribution in [0.4, 0.5) is 5.82 Å². The van der Waals surface area contributed by atoms with Crippen molar-refractivity contribution < 1.29 is 24.5 Å². The summed E-state index contributed by atoms with van der Waals surface area (Å²) in [4.78, 5) is 34.4. The number of carbonyl (C=O) groups excluding carboxylic acids is 1. The molecule has 0 unspecified atom stereocenters. The van der Waals surface area contributed by atoms with Crippen molar-refractivity contribution in [1.29, 1.82) is 0 Å². The zero-order chi connectivity index (χ0) is 26.8. The smallest absolute Gasteiger partial charge is 0.266 e. The monoisotopic (exact) mass is 541 g/mol. The molecule has 1 aliphatic heterocycles. The Morgan fingerprint density at radius 1 is 1.21 bits per heavy atom. The van der Waals surface area contributed by atoms with Gasteiger partial charge in [-0.05, 0) is 12.1 Å². The van der Waals surface area contributed by atoms with E-state index >= 15 is 0 Å². The van der Waals surface area contributed by atoms with Crippen molar-refractivity contribution in [2.24, 2.45) is 0 Å². The van der Waals surface area contributed by atoms with Crippen LogP contribution in [0.2, 0.25) is 5.02 Å². The van der Waals surface area contributed by atoms with Crippen molar-refractivity contribution in [3.05, 3.63) is 53.8 Å². The topological polar surface area (TPSA) is 181 Å². The molecule has 1 amide bonds. The van der Waals surface area contributed by atoms with E-state index < -0.39 is 30.4 Å². The number of rotatable bonds is 8. The molecular formula is C23H24ClN9O5. The van der Waals surface area contributed by atoms with Crippen molar-refractivity contribution in [3.8, 4) is 17.1 Å². The molecule has 1 aliphatic rings. The fourth-order valence-electron chi connectivity index (χ4n) is 4.04. The highest BCUT2D eigenvalue weighted by molar-refractivity contribution is 6.30. The van der Waals surface area contributed by atoms with Crippen LogP contribution in [0.25, 0.3) is 22.6 Å². The molecule has 4 aromatic heterocycles. The summed E-state index contributed by atoms with van der Waals surface area (Å²) >= 11 is 6.15. The van der Waals surface area contributed by atoms with E-state index in [4.69, 9.17) is 21.1 Å².